The zero-order valence-electron chi connectivity index (χ0n) is 12.4. The van der Waals surface area contributed by atoms with Crippen LogP contribution >= 0.6 is 12.2 Å². The van der Waals surface area contributed by atoms with Crippen LogP contribution in [0.15, 0.2) is 42.5 Å². The first kappa shape index (κ1) is 15.9. The number of rotatable bonds is 8. The Hall–Kier alpha value is -1.49. The maximum atomic E-state index is 5.63. The third-order valence-corrected chi connectivity index (χ3v) is 3.76. The molecule has 0 radical (unpaired) electrons. The molecule has 0 atom stereocenters. The van der Waals surface area contributed by atoms with Gasteiger partial charge in [0.1, 0.15) is 0 Å². The number of nitrogens with two attached hydrogens (primary N) is 1. The van der Waals surface area contributed by atoms with Crippen molar-refractivity contribution in [2.45, 2.75) is 13.0 Å². The fourth-order valence-electron chi connectivity index (χ4n) is 2.43. The standard InChI is InChI=1S/C17H22N2OS/c1-20-12-11-19(10-9-17(18)21)13-15-7-4-6-14-5-2-3-8-16(14)15/h2-8H,9-13H2,1H3,(H2,18,21). The van der Waals surface area contributed by atoms with Crippen molar-refractivity contribution in [1.82, 2.24) is 4.90 Å². The maximum Gasteiger partial charge on any atom is 0.0740 e. The van der Waals surface area contributed by atoms with E-state index in [1.54, 1.807) is 7.11 Å². The monoisotopic (exact) mass is 302 g/mol. The second kappa shape index (κ2) is 8.08. The molecule has 2 rings (SSSR count). The number of fused-ring (bicyclic) bond motifs is 1. The molecule has 2 aromatic rings. The molecule has 0 aromatic heterocycles. The Morgan fingerprint density at radius 2 is 1.90 bits per heavy atom. The quantitative estimate of drug-likeness (QED) is 0.761. The van der Waals surface area contributed by atoms with Gasteiger partial charge in [0.15, 0.2) is 0 Å². The minimum absolute atomic E-state index is 0.565. The first-order chi connectivity index (χ1) is 10.2. The highest BCUT2D eigenvalue weighted by Gasteiger charge is 2.08. The van der Waals surface area contributed by atoms with Gasteiger partial charge >= 0.3 is 0 Å². The lowest BCUT2D eigenvalue weighted by Crippen LogP contribution is -2.30. The summed E-state index contributed by atoms with van der Waals surface area (Å²) in [5, 5.41) is 2.58. The van der Waals surface area contributed by atoms with E-state index in [2.05, 4.69) is 47.4 Å². The summed E-state index contributed by atoms with van der Waals surface area (Å²) in [6.45, 7) is 3.33. The summed E-state index contributed by atoms with van der Waals surface area (Å²) in [5.74, 6) is 0. The van der Waals surface area contributed by atoms with Crippen LogP contribution in [0.4, 0.5) is 0 Å². The topological polar surface area (TPSA) is 38.5 Å². The number of hydrogen-bond donors (Lipinski definition) is 1. The van der Waals surface area contributed by atoms with Gasteiger partial charge in [-0.05, 0) is 16.3 Å². The van der Waals surface area contributed by atoms with Gasteiger partial charge in [0.25, 0.3) is 0 Å². The molecule has 0 aliphatic carbocycles. The zero-order valence-corrected chi connectivity index (χ0v) is 13.2. The smallest absolute Gasteiger partial charge is 0.0740 e. The van der Waals surface area contributed by atoms with Crippen LogP contribution in [0.2, 0.25) is 0 Å². The highest BCUT2D eigenvalue weighted by Crippen LogP contribution is 2.20. The van der Waals surface area contributed by atoms with Crippen molar-refractivity contribution in [3.05, 3.63) is 48.0 Å². The number of hydrogen-bond acceptors (Lipinski definition) is 3. The van der Waals surface area contributed by atoms with Crippen LogP contribution in [0.25, 0.3) is 10.8 Å². The molecule has 4 heteroatoms. The van der Waals surface area contributed by atoms with E-state index in [0.29, 0.717) is 11.6 Å². The summed E-state index contributed by atoms with van der Waals surface area (Å²) in [4.78, 5) is 2.90. The molecule has 0 heterocycles. The molecule has 0 amide bonds. The minimum atomic E-state index is 0.565. The SMILES string of the molecule is COCCN(CCC(N)=S)Cc1cccc2ccccc12. The van der Waals surface area contributed by atoms with E-state index in [1.807, 2.05) is 0 Å². The molecule has 0 spiro atoms. The lowest BCUT2D eigenvalue weighted by Gasteiger charge is -2.22. The molecule has 0 bridgehead atoms. The van der Waals surface area contributed by atoms with Crippen molar-refractivity contribution in [1.29, 1.82) is 0 Å². The second-order valence-electron chi connectivity index (χ2n) is 5.12. The number of nitrogens with zero attached hydrogens (tertiary/aromatic N) is 1. The van der Waals surface area contributed by atoms with Gasteiger partial charge in [-0.1, -0.05) is 54.7 Å². The molecule has 0 fully saturated rings. The van der Waals surface area contributed by atoms with E-state index < -0.39 is 0 Å². The average molecular weight is 302 g/mol. The summed E-state index contributed by atoms with van der Waals surface area (Å²) in [7, 11) is 1.73. The first-order valence-corrected chi connectivity index (χ1v) is 7.58. The van der Waals surface area contributed by atoms with Crippen LogP contribution in [0.1, 0.15) is 12.0 Å². The fourth-order valence-corrected chi connectivity index (χ4v) is 2.52. The molecule has 3 nitrogen and oxygen atoms in total. The highest BCUT2D eigenvalue weighted by molar-refractivity contribution is 7.80. The number of benzene rings is 2. The maximum absolute atomic E-state index is 5.63. The lowest BCUT2D eigenvalue weighted by atomic mass is 10.0. The van der Waals surface area contributed by atoms with Gasteiger partial charge < -0.3 is 10.5 Å². The number of ether oxygens (including phenoxy) is 1. The third-order valence-electron chi connectivity index (χ3n) is 3.56. The Morgan fingerprint density at radius 3 is 2.67 bits per heavy atom. The summed E-state index contributed by atoms with van der Waals surface area (Å²) in [6, 6.07) is 14.9. The Balaban J connectivity index is 2.15. The van der Waals surface area contributed by atoms with Crippen molar-refractivity contribution >= 4 is 28.0 Å². The predicted octanol–water partition coefficient (Wildman–Crippen LogP) is 2.96. The Labute approximate surface area is 131 Å². The van der Waals surface area contributed by atoms with Crippen molar-refractivity contribution in [3.8, 4) is 0 Å². The van der Waals surface area contributed by atoms with E-state index in [-0.39, 0.29) is 0 Å². The van der Waals surface area contributed by atoms with Crippen molar-refractivity contribution in [2.75, 3.05) is 26.8 Å². The molecular formula is C17H22N2OS. The Bertz CT molecular complexity index is 595. The predicted molar refractivity (Wildman–Crippen MR) is 92.5 cm³/mol. The summed E-state index contributed by atoms with van der Waals surface area (Å²) < 4.78 is 5.20. The van der Waals surface area contributed by atoms with E-state index in [9.17, 15) is 0 Å². The van der Waals surface area contributed by atoms with Gasteiger partial charge in [-0.2, -0.15) is 0 Å². The Kier molecular flexibility index (Phi) is 6.11. The molecule has 0 aliphatic heterocycles. The summed E-state index contributed by atoms with van der Waals surface area (Å²) >= 11 is 4.99. The van der Waals surface area contributed by atoms with Crippen LogP contribution in [0, 0.1) is 0 Å². The minimum Gasteiger partial charge on any atom is -0.393 e. The average Bonchev–Trinajstić information content (AvgIpc) is 2.50. The molecule has 0 aliphatic rings. The largest absolute Gasteiger partial charge is 0.393 e. The fraction of sp³-hybridized carbons (Fsp3) is 0.353. The van der Waals surface area contributed by atoms with Crippen molar-refractivity contribution < 1.29 is 4.74 Å². The van der Waals surface area contributed by atoms with Gasteiger partial charge in [0.2, 0.25) is 0 Å². The van der Waals surface area contributed by atoms with Gasteiger partial charge in [-0.15, -0.1) is 0 Å². The third kappa shape index (κ3) is 4.77. The van der Waals surface area contributed by atoms with Gasteiger partial charge in [-0.3, -0.25) is 4.90 Å². The van der Waals surface area contributed by atoms with Crippen LogP contribution in [-0.2, 0) is 11.3 Å². The number of methoxy groups -OCH3 is 1. The zero-order chi connectivity index (χ0) is 15.1. The first-order valence-electron chi connectivity index (χ1n) is 7.17. The van der Waals surface area contributed by atoms with E-state index in [4.69, 9.17) is 22.7 Å². The van der Waals surface area contributed by atoms with Crippen molar-refractivity contribution in [2.24, 2.45) is 5.73 Å². The van der Waals surface area contributed by atoms with Crippen LogP contribution in [0.3, 0.4) is 0 Å². The summed E-state index contributed by atoms with van der Waals surface area (Å²) in [6.07, 6.45) is 0.740. The molecule has 0 unspecified atom stereocenters. The molecule has 2 aromatic carbocycles. The molecular weight excluding hydrogens is 280 g/mol. The van der Waals surface area contributed by atoms with Crippen LogP contribution in [-0.4, -0.2) is 36.7 Å². The van der Waals surface area contributed by atoms with E-state index in [0.717, 1.165) is 26.1 Å². The van der Waals surface area contributed by atoms with Crippen LogP contribution < -0.4 is 5.73 Å². The van der Waals surface area contributed by atoms with Gasteiger partial charge in [0.05, 0.1) is 11.6 Å². The molecule has 2 N–H and O–H groups in total. The lowest BCUT2D eigenvalue weighted by molar-refractivity contribution is 0.146. The van der Waals surface area contributed by atoms with Gasteiger partial charge in [0, 0.05) is 33.2 Å². The molecule has 112 valence electrons. The van der Waals surface area contributed by atoms with Crippen molar-refractivity contribution in [3.63, 3.8) is 0 Å². The molecule has 21 heavy (non-hydrogen) atoms. The van der Waals surface area contributed by atoms with Gasteiger partial charge in [-0.25, -0.2) is 0 Å². The van der Waals surface area contributed by atoms with Crippen LogP contribution in [0.5, 0.6) is 0 Å². The Morgan fingerprint density at radius 1 is 1.14 bits per heavy atom. The molecule has 0 saturated carbocycles. The molecule has 0 saturated heterocycles. The second-order valence-corrected chi connectivity index (χ2v) is 5.65. The normalized spacial score (nSPS) is 11.1. The van der Waals surface area contributed by atoms with E-state index >= 15 is 0 Å². The number of thiocarbonyl (C=S) groups is 1. The van der Waals surface area contributed by atoms with E-state index in [1.165, 1.54) is 16.3 Å². The summed E-state index contributed by atoms with van der Waals surface area (Å²) in [5.41, 5.74) is 6.95. The highest BCUT2D eigenvalue weighted by atomic mass is 32.1.